The van der Waals surface area contributed by atoms with Gasteiger partial charge >= 0.3 is 0 Å². The van der Waals surface area contributed by atoms with Crippen LogP contribution in [0.25, 0.3) is 0 Å². The second kappa shape index (κ2) is 11.3. The van der Waals surface area contributed by atoms with E-state index in [9.17, 15) is 4.79 Å². The number of ether oxygens (including phenoxy) is 1. The molecule has 0 bridgehead atoms. The molecule has 1 heterocycles. The van der Waals surface area contributed by atoms with Crippen LogP contribution in [0.3, 0.4) is 0 Å². The second-order valence-electron chi connectivity index (χ2n) is 6.94. The summed E-state index contributed by atoms with van der Waals surface area (Å²) in [5, 5.41) is 4.07. The lowest BCUT2D eigenvalue weighted by Crippen LogP contribution is -2.24. The molecular weight excluding hydrogens is 414 g/mol. The standard InChI is InChI=1S/C23H29N3O2S2/c1-4-26(5-2)20-9-6-19(17(3)14-20)15-24-25-22(27)16-28-21-10-7-18(8-11-21)23-29-12-13-30-23/h6-11,14-15,23H,4-5,12-13,16H2,1-3H3,(H,25,27)/b24-15-. The SMILES string of the molecule is CCN(CC)c1ccc(/C=N\NC(=O)COc2ccc(C3SCCS3)cc2)c(C)c1. The molecule has 0 atom stereocenters. The van der Waals surface area contributed by atoms with Crippen molar-refractivity contribution in [1.82, 2.24) is 5.43 Å². The highest BCUT2D eigenvalue weighted by molar-refractivity contribution is 8.19. The van der Waals surface area contributed by atoms with Gasteiger partial charge in [0.2, 0.25) is 0 Å². The van der Waals surface area contributed by atoms with E-state index in [2.05, 4.69) is 53.5 Å². The van der Waals surface area contributed by atoms with Crippen molar-refractivity contribution in [1.29, 1.82) is 0 Å². The maximum absolute atomic E-state index is 12.0. The number of nitrogens with one attached hydrogen (secondary N) is 1. The number of hydrazone groups is 1. The van der Waals surface area contributed by atoms with Gasteiger partial charge in [-0.2, -0.15) is 5.10 Å². The molecule has 160 valence electrons. The number of aryl methyl sites for hydroxylation is 1. The molecule has 0 spiro atoms. The van der Waals surface area contributed by atoms with E-state index in [0.717, 1.165) is 24.2 Å². The van der Waals surface area contributed by atoms with Gasteiger partial charge in [0.15, 0.2) is 6.61 Å². The molecule has 1 saturated heterocycles. The van der Waals surface area contributed by atoms with Crippen molar-refractivity contribution >= 4 is 41.3 Å². The predicted molar refractivity (Wildman–Crippen MR) is 130 cm³/mol. The van der Waals surface area contributed by atoms with E-state index in [1.54, 1.807) is 6.21 Å². The monoisotopic (exact) mass is 443 g/mol. The normalized spacial score (nSPS) is 14.2. The van der Waals surface area contributed by atoms with E-state index in [0.29, 0.717) is 10.3 Å². The van der Waals surface area contributed by atoms with Crippen LogP contribution in [0.5, 0.6) is 5.75 Å². The predicted octanol–water partition coefficient (Wildman–Crippen LogP) is 4.85. The van der Waals surface area contributed by atoms with Crippen LogP contribution >= 0.6 is 23.5 Å². The Morgan fingerprint density at radius 1 is 1.17 bits per heavy atom. The highest BCUT2D eigenvalue weighted by Crippen LogP contribution is 2.45. The van der Waals surface area contributed by atoms with E-state index in [-0.39, 0.29) is 12.5 Å². The third-order valence-electron chi connectivity index (χ3n) is 4.92. The van der Waals surface area contributed by atoms with Gasteiger partial charge in [-0.05, 0) is 61.7 Å². The Labute approximate surface area is 187 Å². The number of carbonyl (C=O) groups excluding carboxylic acids is 1. The van der Waals surface area contributed by atoms with Crippen molar-refractivity contribution in [3.05, 3.63) is 59.2 Å². The number of benzene rings is 2. The summed E-state index contributed by atoms with van der Waals surface area (Å²) in [5.41, 5.74) is 7.12. The molecule has 5 nitrogen and oxygen atoms in total. The molecule has 1 amide bonds. The van der Waals surface area contributed by atoms with Crippen LogP contribution in [0.1, 0.15) is 35.1 Å². The Hall–Kier alpha value is -2.12. The van der Waals surface area contributed by atoms with Crippen LogP contribution in [0.15, 0.2) is 47.6 Å². The van der Waals surface area contributed by atoms with Crippen LogP contribution < -0.4 is 15.1 Å². The fraction of sp³-hybridized carbons (Fsp3) is 0.391. The van der Waals surface area contributed by atoms with Gasteiger partial charge in [-0.15, -0.1) is 23.5 Å². The molecule has 1 aliphatic rings. The van der Waals surface area contributed by atoms with Crippen LogP contribution in [0.2, 0.25) is 0 Å². The Bertz CT molecular complexity index is 861. The van der Waals surface area contributed by atoms with Gasteiger partial charge in [0.1, 0.15) is 5.75 Å². The van der Waals surface area contributed by atoms with E-state index < -0.39 is 0 Å². The quantitative estimate of drug-likeness (QED) is 0.444. The molecule has 0 aromatic heterocycles. The Morgan fingerprint density at radius 2 is 1.87 bits per heavy atom. The van der Waals surface area contributed by atoms with Gasteiger partial charge in [-0.1, -0.05) is 18.2 Å². The molecule has 0 unspecified atom stereocenters. The zero-order valence-electron chi connectivity index (χ0n) is 17.8. The molecule has 1 fully saturated rings. The van der Waals surface area contributed by atoms with Gasteiger partial charge in [0.25, 0.3) is 5.91 Å². The topological polar surface area (TPSA) is 53.9 Å². The molecule has 0 radical (unpaired) electrons. The molecule has 0 aliphatic carbocycles. The number of anilines is 1. The smallest absolute Gasteiger partial charge is 0.277 e. The molecule has 2 aromatic carbocycles. The third kappa shape index (κ3) is 6.19. The number of nitrogens with zero attached hydrogens (tertiary/aromatic N) is 2. The van der Waals surface area contributed by atoms with E-state index in [4.69, 9.17) is 4.74 Å². The lowest BCUT2D eigenvalue weighted by molar-refractivity contribution is -0.123. The van der Waals surface area contributed by atoms with Crippen molar-refractivity contribution in [3.63, 3.8) is 0 Å². The van der Waals surface area contributed by atoms with Crippen LogP contribution in [0.4, 0.5) is 5.69 Å². The van der Waals surface area contributed by atoms with Crippen LogP contribution in [-0.2, 0) is 4.79 Å². The zero-order valence-corrected chi connectivity index (χ0v) is 19.4. The molecule has 3 rings (SSSR count). The number of rotatable bonds is 9. The first-order valence-electron chi connectivity index (χ1n) is 10.2. The third-order valence-corrected chi connectivity index (χ3v) is 8.02. The van der Waals surface area contributed by atoms with Crippen LogP contribution in [0, 0.1) is 6.92 Å². The van der Waals surface area contributed by atoms with Gasteiger partial charge in [0, 0.05) is 30.3 Å². The molecule has 1 aliphatic heterocycles. The first-order valence-corrected chi connectivity index (χ1v) is 12.3. The average molecular weight is 444 g/mol. The summed E-state index contributed by atoms with van der Waals surface area (Å²) in [7, 11) is 0. The van der Waals surface area contributed by atoms with Gasteiger partial charge in [-0.3, -0.25) is 4.79 Å². The van der Waals surface area contributed by atoms with Crippen molar-refractivity contribution in [2.24, 2.45) is 5.10 Å². The van der Waals surface area contributed by atoms with E-state index in [1.165, 1.54) is 22.8 Å². The summed E-state index contributed by atoms with van der Waals surface area (Å²) in [6.45, 7) is 8.22. The molecule has 30 heavy (non-hydrogen) atoms. The largest absolute Gasteiger partial charge is 0.484 e. The Balaban J connectivity index is 1.46. The van der Waals surface area contributed by atoms with Crippen molar-refractivity contribution < 1.29 is 9.53 Å². The average Bonchev–Trinajstić information content (AvgIpc) is 3.30. The van der Waals surface area contributed by atoms with Crippen molar-refractivity contribution in [3.8, 4) is 5.75 Å². The summed E-state index contributed by atoms with van der Waals surface area (Å²) in [6, 6.07) is 14.2. The Morgan fingerprint density at radius 3 is 2.50 bits per heavy atom. The second-order valence-corrected chi connectivity index (χ2v) is 9.66. The number of amides is 1. The van der Waals surface area contributed by atoms with Gasteiger partial charge in [0.05, 0.1) is 10.8 Å². The highest BCUT2D eigenvalue weighted by atomic mass is 32.2. The fourth-order valence-electron chi connectivity index (χ4n) is 3.22. The zero-order chi connectivity index (χ0) is 21.3. The minimum Gasteiger partial charge on any atom is -0.484 e. The summed E-state index contributed by atoms with van der Waals surface area (Å²) < 4.78 is 6.09. The Kier molecular flexibility index (Phi) is 8.51. The number of hydrogen-bond donors (Lipinski definition) is 1. The summed E-state index contributed by atoms with van der Waals surface area (Å²) in [6.07, 6.45) is 1.67. The molecule has 0 saturated carbocycles. The maximum Gasteiger partial charge on any atom is 0.277 e. The van der Waals surface area contributed by atoms with Crippen molar-refractivity contribution in [2.45, 2.75) is 25.4 Å². The van der Waals surface area contributed by atoms with E-state index in [1.807, 2.05) is 48.6 Å². The molecular formula is C23H29N3O2S2. The fourth-order valence-corrected chi connectivity index (χ4v) is 6.08. The highest BCUT2D eigenvalue weighted by Gasteiger charge is 2.18. The minimum absolute atomic E-state index is 0.0660. The summed E-state index contributed by atoms with van der Waals surface area (Å²) >= 11 is 3.94. The maximum atomic E-state index is 12.0. The number of carbonyl (C=O) groups is 1. The van der Waals surface area contributed by atoms with Gasteiger partial charge in [-0.25, -0.2) is 5.43 Å². The molecule has 2 aromatic rings. The first kappa shape index (κ1) is 22.6. The molecule has 7 heteroatoms. The lowest BCUT2D eigenvalue weighted by Gasteiger charge is -2.21. The number of thioether (sulfide) groups is 2. The first-order chi connectivity index (χ1) is 14.6. The van der Waals surface area contributed by atoms with Crippen LogP contribution in [-0.4, -0.2) is 43.3 Å². The van der Waals surface area contributed by atoms with Crippen molar-refractivity contribution in [2.75, 3.05) is 36.1 Å². The van der Waals surface area contributed by atoms with Gasteiger partial charge < -0.3 is 9.64 Å². The molecule has 1 N–H and O–H groups in total. The lowest BCUT2D eigenvalue weighted by atomic mass is 10.1. The minimum atomic E-state index is -0.283. The summed E-state index contributed by atoms with van der Waals surface area (Å²) in [4.78, 5) is 14.3. The van der Waals surface area contributed by atoms with E-state index >= 15 is 0 Å². The summed E-state index contributed by atoms with van der Waals surface area (Å²) in [5.74, 6) is 2.81. The number of hydrogen-bond acceptors (Lipinski definition) is 6.